The number of nitrogens with zero attached hydrogens (tertiary/aromatic N) is 2. The summed E-state index contributed by atoms with van der Waals surface area (Å²) < 4.78 is 6.78. The number of nitrogens with one attached hydrogen (secondary N) is 1. The maximum atomic E-state index is 12.5. The molecule has 0 spiro atoms. The van der Waals surface area contributed by atoms with Gasteiger partial charge in [-0.25, -0.2) is 9.50 Å². The van der Waals surface area contributed by atoms with Crippen molar-refractivity contribution >= 4 is 17.4 Å². The summed E-state index contributed by atoms with van der Waals surface area (Å²) in [6.07, 6.45) is 0. The van der Waals surface area contributed by atoms with E-state index in [1.54, 1.807) is 11.8 Å². The van der Waals surface area contributed by atoms with Crippen LogP contribution in [0.1, 0.15) is 11.4 Å². The smallest absolute Gasteiger partial charge is 0.273 e. The normalized spacial score (nSPS) is 11.2. The van der Waals surface area contributed by atoms with E-state index in [1.807, 2.05) is 37.3 Å². The summed E-state index contributed by atoms with van der Waals surface area (Å²) in [5, 5.41) is 12.0. The number of H-pyrrole nitrogens is 1. The Kier molecular flexibility index (Phi) is 5.80. The molecule has 6 nitrogen and oxygen atoms in total. The second-order valence-electron chi connectivity index (χ2n) is 6.57. The first-order chi connectivity index (χ1) is 14.2. The fourth-order valence-corrected chi connectivity index (χ4v) is 4.01. The molecule has 0 saturated heterocycles. The molecule has 0 aliphatic rings. The average molecular weight is 407 g/mol. The number of aryl methyl sites for hydroxylation is 1. The third kappa shape index (κ3) is 4.27. The summed E-state index contributed by atoms with van der Waals surface area (Å²) in [5.41, 5.74) is 3.66. The molecule has 0 fully saturated rings. The highest BCUT2D eigenvalue weighted by Gasteiger charge is 2.15. The molecule has 4 aromatic rings. The number of benzene rings is 2. The number of hydrogen-bond acceptors (Lipinski definition) is 5. The molecule has 0 radical (unpaired) electrons. The molecule has 2 aromatic carbocycles. The Morgan fingerprint density at radius 2 is 1.83 bits per heavy atom. The van der Waals surface area contributed by atoms with E-state index in [2.05, 4.69) is 34.3 Å². The molecule has 0 amide bonds. The van der Waals surface area contributed by atoms with Crippen molar-refractivity contribution in [3.05, 3.63) is 82.4 Å². The summed E-state index contributed by atoms with van der Waals surface area (Å²) in [4.78, 5) is 19.4. The van der Waals surface area contributed by atoms with Crippen LogP contribution in [-0.2, 0) is 11.3 Å². The van der Waals surface area contributed by atoms with Crippen molar-refractivity contribution in [1.82, 2.24) is 14.6 Å². The maximum absolute atomic E-state index is 12.5. The first-order valence-corrected chi connectivity index (χ1v) is 10.1. The largest absolute Gasteiger partial charge is 0.394 e. The SMILES string of the molecule is Cc1[nH]n2c(=O)cc(COCCO)nc2c1-c1ccc(Sc2ccccc2)cc1. The molecular weight excluding hydrogens is 386 g/mol. The highest BCUT2D eigenvalue weighted by Crippen LogP contribution is 2.31. The zero-order valence-corrected chi connectivity index (χ0v) is 16.8. The number of rotatable bonds is 7. The molecule has 148 valence electrons. The fourth-order valence-electron chi connectivity index (χ4n) is 3.17. The Balaban J connectivity index is 1.67. The second kappa shape index (κ2) is 8.65. The predicted molar refractivity (Wildman–Crippen MR) is 113 cm³/mol. The highest BCUT2D eigenvalue weighted by atomic mass is 32.2. The minimum absolute atomic E-state index is 0.0664. The minimum Gasteiger partial charge on any atom is -0.394 e. The third-order valence-corrected chi connectivity index (χ3v) is 5.47. The first-order valence-electron chi connectivity index (χ1n) is 9.29. The van der Waals surface area contributed by atoms with E-state index in [0.717, 1.165) is 21.7 Å². The van der Waals surface area contributed by atoms with Gasteiger partial charge in [-0.2, -0.15) is 0 Å². The van der Waals surface area contributed by atoms with Gasteiger partial charge in [0.25, 0.3) is 5.56 Å². The van der Waals surface area contributed by atoms with E-state index in [0.29, 0.717) is 11.3 Å². The Hall–Kier alpha value is -2.87. The minimum atomic E-state index is -0.191. The van der Waals surface area contributed by atoms with Crippen LogP contribution in [0.25, 0.3) is 16.8 Å². The zero-order valence-electron chi connectivity index (χ0n) is 16.0. The van der Waals surface area contributed by atoms with Crippen LogP contribution < -0.4 is 5.56 Å². The number of aromatic amines is 1. The van der Waals surface area contributed by atoms with Gasteiger partial charge in [-0.15, -0.1) is 0 Å². The molecule has 0 unspecified atom stereocenters. The molecule has 0 aliphatic carbocycles. The number of aliphatic hydroxyl groups is 1. The van der Waals surface area contributed by atoms with E-state index in [4.69, 9.17) is 9.84 Å². The van der Waals surface area contributed by atoms with Crippen LogP contribution in [0.15, 0.2) is 75.2 Å². The molecular formula is C22H21N3O3S. The Labute approximate surface area is 172 Å². The standard InChI is InChI=1S/C22H21N3O3S/c1-15-21(16-7-9-19(10-8-16)29-18-5-3-2-4-6-18)22-23-17(14-28-12-11-26)13-20(27)25(22)24-15/h2-10,13,24,26H,11-12,14H2,1H3. The summed E-state index contributed by atoms with van der Waals surface area (Å²) in [7, 11) is 0. The van der Waals surface area contributed by atoms with E-state index in [-0.39, 0.29) is 25.4 Å². The van der Waals surface area contributed by atoms with Gasteiger partial charge in [-0.3, -0.25) is 9.89 Å². The van der Waals surface area contributed by atoms with Crippen LogP contribution in [-0.4, -0.2) is 32.9 Å². The van der Waals surface area contributed by atoms with Crippen LogP contribution in [0, 0.1) is 6.92 Å². The zero-order chi connectivity index (χ0) is 20.2. The van der Waals surface area contributed by atoms with E-state index < -0.39 is 0 Å². The molecule has 0 atom stereocenters. The lowest BCUT2D eigenvalue weighted by molar-refractivity contribution is 0.0797. The molecule has 2 heterocycles. The van der Waals surface area contributed by atoms with Crippen molar-refractivity contribution in [3.63, 3.8) is 0 Å². The lowest BCUT2D eigenvalue weighted by atomic mass is 10.1. The van der Waals surface area contributed by atoms with E-state index >= 15 is 0 Å². The van der Waals surface area contributed by atoms with Crippen molar-refractivity contribution in [1.29, 1.82) is 0 Å². The molecule has 2 N–H and O–H groups in total. The van der Waals surface area contributed by atoms with Crippen LogP contribution in [0.4, 0.5) is 0 Å². The molecule has 4 rings (SSSR count). The molecule has 29 heavy (non-hydrogen) atoms. The van der Waals surface area contributed by atoms with Crippen molar-refractivity contribution in [2.75, 3.05) is 13.2 Å². The molecule has 0 aliphatic heterocycles. The van der Waals surface area contributed by atoms with Crippen molar-refractivity contribution in [3.8, 4) is 11.1 Å². The van der Waals surface area contributed by atoms with Gasteiger partial charge < -0.3 is 9.84 Å². The van der Waals surface area contributed by atoms with Gasteiger partial charge in [0.15, 0.2) is 5.65 Å². The van der Waals surface area contributed by atoms with Crippen molar-refractivity contribution < 1.29 is 9.84 Å². The summed E-state index contributed by atoms with van der Waals surface area (Å²) in [6.45, 7) is 2.25. The van der Waals surface area contributed by atoms with Gasteiger partial charge in [0, 0.05) is 27.1 Å². The second-order valence-corrected chi connectivity index (χ2v) is 7.72. The van der Waals surface area contributed by atoms with Crippen molar-refractivity contribution in [2.24, 2.45) is 0 Å². The summed E-state index contributed by atoms with van der Waals surface area (Å²) in [5.74, 6) is 0. The van der Waals surface area contributed by atoms with Crippen LogP contribution in [0.3, 0.4) is 0 Å². The molecule has 2 aromatic heterocycles. The highest BCUT2D eigenvalue weighted by molar-refractivity contribution is 7.99. The number of aliphatic hydroxyl groups excluding tert-OH is 1. The monoisotopic (exact) mass is 407 g/mol. The summed E-state index contributed by atoms with van der Waals surface area (Å²) in [6, 6.07) is 19.9. The Morgan fingerprint density at radius 1 is 1.10 bits per heavy atom. The van der Waals surface area contributed by atoms with Gasteiger partial charge in [0.1, 0.15) is 0 Å². The van der Waals surface area contributed by atoms with Crippen LogP contribution in [0.5, 0.6) is 0 Å². The van der Waals surface area contributed by atoms with Crippen LogP contribution >= 0.6 is 11.8 Å². The van der Waals surface area contributed by atoms with E-state index in [9.17, 15) is 4.79 Å². The van der Waals surface area contributed by atoms with Gasteiger partial charge in [-0.05, 0) is 36.8 Å². The first kappa shape index (κ1) is 19.4. The Bertz CT molecular complexity index is 1170. The molecule has 0 bridgehead atoms. The molecule has 7 heteroatoms. The quantitative estimate of drug-likeness (QED) is 0.457. The van der Waals surface area contributed by atoms with Gasteiger partial charge in [0.2, 0.25) is 0 Å². The Morgan fingerprint density at radius 3 is 2.55 bits per heavy atom. The number of aromatic nitrogens is 3. The van der Waals surface area contributed by atoms with Gasteiger partial charge in [-0.1, -0.05) is 42.1 Å². The number of fused-ring (bicyclic) bond motifs is 1. The molecule has 0 saturated carbocycles. The van der Waals surface area contributed by atoms with E-state index in [1.165, 1.54) is 15.5 Å². The van der Waals surface area contributed by atoms with Crippen LogP contribution in [0.2, 0.25) is 0 Å². The summed E-state index contributed by atoms with van der Waals surface area (Å²) >= 11 is 1.70. The fraction of sp³-hybridized carbons (Fsp3) is 0.182. The number of ether oxygens (including phenoxy) is 1. The van der Waals surface area contributed by atoms with Gasteiger partial charge >= 0.3 is 0 Å². The third-order valence-electron chi connectivity index (χ3n) is 4.46. The van der Waals surface area contributed by atoms with Gasteiger partial charge in [0.05, 0.1) is 25.5 Å². The lowest BCUT2D eigenvalue weighted by Crippen LogP contribution is -2.16. The lowest BCUT2D eigenvalue weighted by Gasteiger charge is -2.06. The maximum Gasteiger partial charge on any atom is 0.273 e. The number of hydrogen-bond donors (Lipinski definition) is 2. The average Bonchev–Trinajstić information content (AvgIpc) is 3.06. The predicted octanol–water partition coefficient (Wildman–Crippen LogP) is 3.66. The topological polar surface area (TPSA) is 79.6 Å². The van der Waals surface area contributed by atoms with Crippen molar-refractivity contribution in [2.45, 2.75) is 23.3 Å².